The van der Waals surface area contributed by atoms with E-state index in [1.807, 2.05) is 32.0 Å². The van der Waals surface area contributed by atoms with Crippen molar-refractivity contribution in [1.29, 1.82) is 0 Å². The van der Waals surface area contributed by atoms with E-state index in [2.05, 4.69) is 5.32 Å². The highest BCUT2D eigenvalue weighted by molar-refractivity contribution is 5.80. The van der Waals surface area contributed by atoms with Gasteiger partial charge in [-0.05, 0) is 43.5 Å². The summed E-state index contributed by atoms with van der Waals surface area (Å²) < 4.78 is 11.0. The van der Waals surface area contributed by atoms with Gasteiger partial charge in [-0.15, -0.1) is 0 Å². The lowest BCUT2D eigenvalue weighted by Gasteiger charge is -2.18. The number of carbonyl (C=O) groups is 1. The number of ether oxygens (including phenoxy) is 2. The minimum atomic E-state index is -0.571. The van der Waals surface area contributed by atoms with Crippen molar-refractivity contribution in [3.63, 3.8) is 0 Å². The zero-order valence-electron chi connectivity index (χ0n) is 13.3. The molecule has 1 aromatic carbocycles. The normalized spacial score (nSPS) is 12.1. The molecule has 21 heavy (non-hydrogen) atoms. The average molecular weight is 294 g/mol. The Morgan fingerprint density at radius 1 is 1.29 bits per heavy atom. The van der Waals surface area contributed by atoms with Crippen LogP contribution >= 0.6 is 0 Å². The van der Waals surface area contributed by atoms with Crippen molar-refractivity contribution in [2.24, 2.45) is 11.7 Å². The number of carbonyl (C=O) groups excluding carboxylic acids is 1. The fraction of sp³-hybridized carbons (Fsp3) is 0.562. The molecule has 0 aliphatic rings. The maximum Gasteiger partial charge on any atom is 0.260 e. The molecule has 5 heteroatoms. The van der Waals surface area contributed by atoms with Gasteiger partial charge in [0.05, 0.1) is 7.11 Å². The van der Waals surface area contributed by atoms with E-state index in [9.17, 15) is 4.79 Å². The van der Waals surface area contributed by atoms with Crippen LogP contribution in [0.5, 0.6) is 11.5 Å². The molecule has 1 rings (SSSR count). The van der Waals surface area contributed by atoms with Gasteiger partial charge in [0.25, 0.3) is 5.91 Å². The number of nitrogens with one attached hydrogen (secondary N) is 1. The summed E-state index contributed by atoms with van der Waals surface area (Å²) in [5.41, 5.74) is 6.63. The number of benzene rings is 1. The number of amides is 1. The first kappa shape index (κ1) is 17.3. The number of hydrogen-bond acceptors (Lipinski definition) is 4. The summed E-state index contributed by atoms with van der Waals surface area (Å²) in [6.07, 6.45) is 0.208. The summed E-state index contributed by atoms with van der Waals surface area (Å²) in [6, 6.07) is 5.64. The Labute approximate surface area is 126 Å². The van der Waals surface area contributed by atoms with Crippen LogP contribution in [0.15, 0.2) is 18.2 Å². The Morgan fingerprint density at radius 3 is 2.57 bits per heavy atom. The minimum absolute atomic E-state index is 0.128. The van der Waals surface area contributed by atoms with Crippen molar-refractivity contribution in [2.75, 3.05) is 20.2 Å². The second kappa shape index (κ2) is 8.52. The van der Waals surface area contributed by atoms with Gasteiger partial charge in [-0.2, -0.15) is 0 Å². The van der Waals surface area contributed by atoms with Crippen molar-refractivity contribution in [3.05, 3.63) is 23.8 Å². The van der Waals surface area contributed by atoms with Gasteiger partial charge in [-0.1, -0.05) is 19.9 Å². The molecular weight excluding hydrogens is 268 g/mol. The highest BCUT2D eigenvalue weighted by Gasteiger charge is 2.17. The number of nitrogens with two attached hydrogens (primary N) is 1. The number of hydrogen-bond donors (Lipinski definition) is 2. The van der Waals surface area contributed by atoms with Crippen molar-refractivity contribution < 1.29 is 14.3 Å². The smallest absolute Gasteiger partial charge is 0.260 e. The third-order valence-electron chi connectivity index (χ3n) is 3.02. The first-order valence-corrected chi connectivity index (χ1v) is 7.29. The van der Waals surface area contributed by atoms with Gasteiger partial charge in [-0.3, -0.25) is 4.79 Å². The molecule has 0 aromatic heterocycles. The van der Waals surface area contributed by atoms with Gasteiger partial charge in [0.1, 0.15) is 0 Å². The standard InChI is InChI=1S/C16H26N2O3/c1-11(2)10-18-16(19)12(3)21-14-6-5-13(7-8-17)9-15(14)20-4/h5-6,9,11-12H,7-8,10,17H2,1-4H3,(H,18,19). The Hall–Kier alpha value is -1.75. The maximum absolute atomic E-state index is 11.9. The van der Waals surface area contributed by atoms with Gasteiger partial charge in [0.15, 0.2) is 17.6 Å². The minimum Gasteiger partial charge on any atom is -0.493 e. The van der Waals surface area contributed by atoms with Gasteiger partial charge >= 0.3 is 0 Å². The molecule has 0 aliphatic heterocycles. The maximum atomic E-state index is 11.9. The zero-order valence-corrected chi connectivity index (χ0v) is 13.3. The molecule has 1 atom stereocenters. The van der Waals surface area contributed by atoms with Crippen LogP contribution in [0.4, 0.5) is 0 Å². The van der Waals surface area contributed by atoms with Gasteiger partial charge in [-0.25, -0.2) is 0 Å². The average Bonchev–Trinajstić information content (AvgIpc) is 2.46. The van der Waals surface area contributed by atoms with Crippen molar-refractivity contribution >= 4 is 5.91 Å². The molecule has 0 saturated heterocycles. The third-order valence-corrected chi connectivity index (χ3v) is 3.02. The Kier molecular flexibility index (Phi) is 7.02. The molecule has 0 spiro atoms. The van der Waals surface area contributed by atoms with Crippen LogP contribution in [-0.2, 0) is 11.2 Å². The summed E-state index contributed by atoms with van der Waals surface area (Å²) >= 11 is 0. The van der Waals surface area contributed by atoms with Crippen LogP contribution in [0.3, 0.4) is 0 Å². The van der Waals surface area contributed by atoms with Crippen LogP contribution in [-0.4, -0.2) is 32.2 Å². The SMILES string of the molecule is COc1cc(CCN)ccc1OC(C)C(=O)NCC(C)C. The van der Waals surface area contributed by atoms with E-state index >= 15 is 0 Å². The van der Waals surface area contributed by atoms with Gasteiger partial charge in [0.2, 0.25) is 0 Å². The van der Waals surface area contributed by atoms with Crippen molar-refractivity contribution in [1.82, 2.24) is 5.32 Å². The summed E-state index contributed by atoms with van der Waals surface area (Å²) in [4.78, 5) is 11.9. The summed E-state index contributed by atoms with van der Waals surface area (Å²) in [7, 11) is 1.58. The fourth-order valence-electron chi connectivity index (χ4n) is 1.82. The lowest BCUT2D eigenvalue weighted by Crippen LogP contribution is -2.38. The molecule has 5 nitrogen and oxygen atoms in total. The van der Waals surface area contributed by atoms with E-state index in [0.717, 1.165) is 12.0 Å². The molecule has 0 bridgehead atoms. The lowest BCUT2D eigenvalue weighted by atomic mass is 10.1. The summed E-state index contributed by atoms with van der Waals surface area (Å²) in [5.74, 6) is 1.46. The molecule has 1 aromatic rings. The van der Waals surface area contributed by atoms with E-state index in [4.69, 9.17) is 15.2 Å². The van der Waals surface area contributed by atoms with E-state index in [-0.39, 0.29) is 5.91 Å². The van der Waals surface area contributed by atoms with Crippen LogP contribution in [0.1, 0.15) is 26.3 Å². The van der Waals surface area contributed by atoms with Gasteiger partial charge in [0, 0.05) is 6.54 Å². The molecule has 0 radical (unpaired) electrons. The van der Waals surface area contributed by atoms with Crippen LogP contribution in [0.25, 0.3) is 0 Å². The van der Waals surface area contributed by atoms with Crippen molar-refractivity contribution in [2.45, 2.75) is 33.3 Å². The second-order valence-electron chi connectivity index (χ2n) is 5.42. The molecule has 0 fully saturated rings. The topological polar surface area (TPSA) is 73.6 Å². The van der Waals surface area contributed by atoms with Crippen LogP contribution < -0.4 is 20.5 Å². The molecule has 0 heterocycles. The first-order valence-electron chi connectivity index (χ1n) is 7.29. The van der Waals surface area contributed by atoms with Crippen molar-refractivity contribution in [3.8, 4) is 11.5 Å². The number of methoxy groups -OCH3 is 1. The largest absolute Gasteiger partial charge is 0.493 e. The fourth-order valence-corrected chi connectivity index (χ4v) is 1.82. The lowest BCUT2D eigenvalue weighted by molar-refractivity contribution is -0.127. The molecule has 3 N–H and O–H groups in total. The highest BCUT2D eigenvalue weighted by atomic mass is 16.5. The van der Waals surface area contributed by atoms with Crippen LogP contribution in [0.2, 0.25) is 0 Å². The molecule has 1 unspecified atom stereocenters. The van der Waals surface area contributed by atoms with E-state index in [0.29, 0.717) is 30.5 Å². The Bertz CT molecular complexity index is 461. The summed E-state index contributed by atoms with van der Waals surface area (Å²) in [5, 5.41) is 2.85. The third kappa shape index (κ3) is 5.63. The van der Waals surface area contributed by atoms with E-state index in [1.165, 1.54) is 0 Å². The predicted molar refractivity (Wildman–Crippen MR) is 83.7 cm³/mol. The highest BCUT2D eigenvalue weighted by Crippen LogP contribution is 2.29. The number of rotatable bonds is 8. The van der Waals surface area contributed by atoms with Gasteiger partial charge < -0.3 is 20.5 Å². The molecule has 0 aliphatic carbocycles. The molecule has 118 valence electrons. The Balaban J connectivity index is 2.70. The van der Waals surface area contributed by atoms with E-state index < -0.39 is 6.10 Å². The Morgan fingerprint density at radius 2 is 2.00 bits per heavy atom. The van der Waals surface area contributed by atoms with E-state index in [1.54, 1.807) is 14.0 Å². The zero-order chi connectivity index (χ0) is 15.8. The first-order chi connectivity index (χ1) is 9.97. The monoisotopic (exact) mass is 294 g/mol. The molecule has 1 amide bonds. The predicted octanol–water partition coefficient (Wildman–Crippen LogP) is 1.74. The quantitative estimate of drug-likeness (QED) is 0.766. The molecular formula is C16H26N2O3. The van der Waals surface area contributed by atoms with Crippen LogP contribution in [0, 0.1) is 5.92 Å². The second-order valence-corrected chi connectivity index (χ2v) is 5.42. The summed E-state index contributed by atoms with van der Waals surface area (Å²) in [6.45, 7) is 7.04. The molecule has 0 saturated carbocycles.